The molecule has 0 saturated carbocycles. The predicted molar refractivity (Wildman–Crippen MR) is 76.2 cm³/mol. The smallest absolute Gasteiger partial charge is 0.210 e. The Kier molecular flexibility index (Phi) is 6.21. The highest BCUT2D eigenvalue weighted by atomic mass is 35.5. The van der Waals surface area contributed by atoms with E-state index in [2.05, 4.69) is 15.7 Å². The molecule has 0 aromatic heterocycles. The van der Waals surface area contributed by atoms with Crippen LogP contribution in [0.3, 0.4) is 0 Å². The van der Waals surface area contributed by atoms with Crippen LogP contribution in [0.25, 0.3) is 0 Å². The molecule has 100 valence electrons. The second kappa shape index (κ2) is 7.43. The highest BCUT2D eigenvalue weighted by Crippen LogP contribution is 2.24. The molecule has 4 N–H and O–H groups in total. The van der Waals surface area contributed by atoms with Gasteiger partial charge in [0.15, 0.2) is 0 Å². The van der Waals surface area contributed by atoms with Gasteiger partial charge in [0, 0.05) is 12.8 Å². The maximum Gasteiger partial charge on any atom is 0.210 e. The molecular weight excluding hydrogens is 275 g/mol. The number of benzene rings is 1. The minimum absolute atomic E-state index is 0.0173. The third-order valence-electron chi connectivity index (χ3n) is 2.08. The van der Waals surface area contributed by atoms with Crippen LogP contribution in [0.2, 0.25) is 10.0 Å². The van der Waals surface area contributed by atoms with Crippen molar-refractivity contribution in [1.82, 2.24) is 5.43 Å². The lowest BCUT2D eigenvalue weighted by atomic mass is 10.3. The summed E-state index contributed by atoms with van der Waals surface area (Å²) in [6.45, 7) is 2.42. The fraction of sp³-hybridized carbons (Fsp3) is 0.364. The second-order valence-electron chi connectivity index (χ2n) is 3.68. The van der Waals surface area contributed by atoms with Crippen LogP contribution in [0.1, 0.15) is 6.92 Å². The van der Waals surface area contributed by atoms with Crippen molar-refractivity contribution in [1.29, 1.82) is 0 Å². The molecule has 1 aromatic carbocycles. The molecule has 0 aliphatic carbocycles. The van der Waals surface area contributed by atoms with Gasteiger partial charge in [-0.2, -0.15) is 0 Å². The third-order valence-corrected chi connectivity index (χ3v) is 2.82. The minimum atomic E-state index is -0.0173. The van der Waals surface area contributed by atoms with Crippen LogP contribution in [-0.2, 0) is 4.74 Å². The summed E-state index contributed by atoms with van der Waals surface area (Å²) in [6.07, 6.45) is 0. The Balaban J connectivity index is 2.76. The number of methoxy groups -OCH3 is 1. The van der Waals surface area contributed by atoms with E-state index in [1.54, 1.807) is 25.3 Å². The zero-order chi connectivity index (χ0) is 13.5. The van der Waals surface area contributed by atoms with Crippen LogP contribution < -0.4 is 16.6 Å². The lowest BCUT2D eigenvalue weighted by Gasteiger charge is -2.12. The molecule has 0 heterocycles. The number of halogens is 2. The first kappa shape index (κ1) is 15.0. The molecular formula is C11H16Cl2N4O. The number of anilines is 1. The largest absolute Gasteiger partial charge is 0.382 e. The fourth-order valence-corrected chi connectivity index (χ4v) is 1.61. The highest BCUT2D eigenvalue weighted by Gasteiger charge is 2.04. The van der Waals surface area contributed by atoms with Gasteiger partial charge in [-0.25, -0.2) is 10.8 Å². The van der Waals surface area contributed by atoms with Crippen LogP contribution in [-0.4, -0.2) is 25.7 Å². The third kappa shape index (κ3) is 4.70. The molecule has 0 aliphatic rings. The van der Waals surface area contributed by atoms with E-state index in [0.717, 1.165) is 5.69 Å². The summed E-state index contributed by atoms with van der Waals surface area (Å²) in [4.78, 5) is 4.30. The highest BCUT2D eigenvalue weighted by molar-refractivity contribution is 6.42. The Hall–Kier alpha value is -1.01. The number of nitrogens with zero attached hydrogens (tertiary/aromatic N) is 1. The van der Waals surface area contributed by atoms with Crippen LogP contribution in [0.5, 0.6) is 0 Å². The van der Waals surface area contributed by atoms with Crippen molar-refractivity contribution in [3.63, 3.8) is 0 Å². The van der Waals surface area contributed by atoms with E-state index in [9.17, 15) is 0 Å². The van der Waals surface area contributed by atoms with Gasteiger partial charge in [-0.15, -0.1) is 0 Å². The zero-order valence-corrected chi connectivity index (χ0v) is 11.7. The number of hydrogen-bond acceptors (Lipinski definition) is 3. The molecule has 7 heteroatoms. The predicted octanol–water partition coefficient (Wildman–Crippen LogP) is 2.26. The quantitative estimate of drug-likeness (QED) is 0.344. The van der Waals surface area contributed by atoms with Crippen molar-refractivity contribution in [2.75, 3.05) is 19.0 Å². The van der Waals surface area contributed by atoms with E-state index >= 15 is 0 Å². The summed E-state index contributed by atoms with van der Waals surface area (Å²) >= 11 is 11.7. The topological polar surface area (TPSA) is 71.7 Å². The van der Waals surface area contributed by atoms with E-state index in [1.165, 1.54) is 0 Å². The Morgan fingerprint density at radius 1 is 1.44 bits per heavy atom. The van der Waals surface area contributed by atoms with Crippen LogP contribution in [0.15, 0.2) is 23.2 Å². The van der Waals surface area contributed by atoms with Gasteiger partial charge in [-0.3, -0.25) is 5.43 Å². The molecule has 1 rings (SSSR count). The number of ether oxygens (including phenoxy) is 1. The Labute approximate surface area is 116 Å². The monoisotopic (exact) mass is 290 g/mol. The molecule has 1 aromatic rings. The Morgan fingerprint density at radius 3 is 2.72 bits per heavy atom. The molecule has 1 atom stereocenters. The lowest BCUT2D eigenvalue weighted by molar-refractivity contribution is 0.185. The molecule has 18 heavy (non-hydrogen) atoms. The van der Waals surface area contributed by atoms with E-state index < -0.39 is 0 Å². The molecule has 0 aliphatic heterocycles. The molecule has 0 fully saturated rings. The van der Waals surface area contributed by atoms with Crippen molar-refractivity contribution in [2.45, 2.75) is 13.0 Å². The van der Waals surface area contributed by atoms with E-state index in [-0.39, 0.29) is 6.04 Å². The van der Waals surface area contributed by atoms with Crippen molar-refractivity contribution >= 4 is 34.8 Å². The maximum atomic E-state index is 5.91. The number of guanidine groups is 1. The van der Waals surface area contributed by atoms with Crippen LogP contribution in [0.4, 0.5) is 5.69 Å². The summed E-state index contributed by atoms with van der Waals surface area (Å²) in [5.74, 6) is 5.82. The van der Waals surface area contributed by atoms with Crippen molar-refractivity contribution in [2.24, 2.45) is 10.8 Å². The molecule has 0 spiro atoms. The summed E-state index contributed by atoms with van der Waals surface area (Å²) in [5, 5.41) is 3.96. The number of aliphatic imine (C=N–C) groups is 1. The lowest BCUT2D eigenvalue weighted by Crippen LogP contribution is -2.37. The Bertz CT molecular complexity index is 426. The van der Waals surface area contributed by atoms with Gasteiger partial charge in [0.2, 0.25) is 5.96 Å². The van der Waals surface area contributed by atoms with Crippen molar-refractivity contribution in [3.8, 4) is 0 Å². The molecule has 0 amide bonds. The second-order valence-corrected chi connectivity index (χ2v) is 4.49. The van der Waals surface area contributed by atoms with Gasteiger partial charge < -0.3 is 10.1 Å². The van der Waals surface area contributed by atoms with E-state index in [4.69, 9.17) is 33.8 Å². The number of nitrogens with one attached hydrogen (secondary N) is 2. The number of rotatable bonds is 4. The summed E-state index contributed by atoms with van der Waals surface area (Å²) in [6, 6.07) is 5.15. The van der Waals surface area contributed by atoms with E-state index in [1.807, 2.05) is 6.92 Å². The Morgan fingerprint density at radius 2 is 2.17 bits per heavy atom. The van der Waals surface area contributed by atoms with Gasteiger partial charge >= 0.3 is 0 Å². The van der Waals surface area contributed by atoms with Gasteiger partial charge in [0.25, 0.3) is 0 Å². The normalized spacial score (nSPS) is 13.3. The SMILES string of the molecule is COCC(C)N=C(NN)Nc1ccc(Cl)c(Cl)c1. The van der Waals surface area contributed by atoms with Gasteiger partial charge in [-0.1, -0.05) is 23.2 Å². The van der Waals surface area contributed by atoms with Gasteiger partial charge in [0.1, 0.15) is 0 Å². The molecule has 0 saturated heterocycles. The zero-order valence-electron chi connectivity index (χ0n) is 10.2. The van der Waals surface area contributed by atoms with E-state index in [0.29, 0.717) is 22.6 Å². The van der Waals surface area contributed by atoms with Crippen LogP contribution in [0, 0.1) is 0 Å². The molecule has 5 nitrogen and oxygen atoms in total. The van der Waals surface area contributed by atoms with Gasteiger partial charge in [0.05, 0.1) is 22.7 Å². The minimum Gasteiger partial charge on any atom is -0.382 e. The fourth-order valence-electron chi connectivity index (χ4n) is 1.32. The summed E-state index contributed by atoms with van der Waals surface area (Å²) in [7, 11) is 1.62. The first-order chi connectivity index (χ1) is 8.56. The molecule has 1 unspecified atom stereocenters. The molecule has 0 radical (unpaired) electrons. The average molecular weight is 291 g/mol. The number of hydrogen-bond donors (Lipinski definition) is 3. The first-order valence-electron chi connectivity index (χ1n) is 5.32. The summed E-state index contributed by atoms with van der Waals surface area (Å²) in [5.41, 5.74) is 3.22. The molecule has 0 bridgehead atoms. The number of hydrazine groups is 1. The van der Waals surface area contributed by atoms with Crippen LogP contribution >= 0.6 is 23.2 Å². The number of nitrogens with two attached hydrogens (primary N) is 1. The van der Waals surface area contributed by atoms with Crippen molar-refractivity contribution in [3.05, 3.63) is 28.2 Å². The first-order valence-corrected chi connectivity index (χ1v) is 6.07. The van der Waals surface area contributed by atoms with Crippen molar-refractivity contribution < 1.29 is 4.74 Å². The van der Waals surface area contributed by atoms with Gasteiger partial charge in [-0.05, 0) is 25.1 Å². The standard InChI is InChI=1S/C11H16Cl2N4O/c1-7(6-18-2)15-11(17-14)16-8-3-4-9(12)10(13)5-8/h3-5,7H,6,14H2,1-2H3,(H2,15,16,17). The maximum absolute atomic E-state index is 5.91. The summed E-state index contributed by atoms with van der Waals surface area (Å²) < 4.78 is 4.99. The average Bonchev–Trinajstić information content (AvgIpc) is 2.33.